The van der Waals surface area contributed by atoms with Crippen LogP contribution in [0, 0.1) is 5.41 Å². The summed E-state index contributed by atoms with van der Waals surface area (Å²) in [6, 6.07) is 16.9. The summed E-state index contributed by atoms with van der Waals surface area (Å²) in [4.78, 5) is 14.3. The van der Waals surface area contributed by atoms with E-state index in [-0.39, 0.29) is 26.1 Å². The molecule has 2 aromatic rings. The highest BCUT2D eigenvalue weighted by Crippen LogP contribution is 2.46. The molecule has 1 aliphatic rings. The van der Waals surface area contributed by atoms with Crippen molar-refractivity contribution in [3.63, 3.8) is 0 Å². The third-order valence-electron chi connectivity index (χ3n) is 5.66. The Morgan fingerprint density at radius 3 is 2.43 bits per heavy atom. The molecule has 1 amide bonds. The molecule has 3 rings (SSSR count). The van der Waals surface area contributed by atoms with Crippen LogP contribution in [0.25, 0.3) is 0 Å². The third kappa shape index (κ3) is 5.14. The average molecular weight is 420 g/mol. The highest BCUT2D eigenvalue weighted by Gasteiger charge is 2.62. The molecule has 162 valence electrons. The summed E-state index contributed by atoms with van der Waals surface area (Å²) in [6.45, 7) is 0.550. The molecule has 0 aromatic heterocycles. The Kier molecular flexibility index (Phi) is 7.02. The van der Waals surface area contributed by atoms with E-state index in [2.05, 4.69) is 5.32 Å². The first-order chi connectivity index (χ1) is 14.3. The lowest BCUT2D eigenvalue weighted by atomic mass is 9.85. The number of aryl methyl sites for hydroxylation is 1. The van der Waals surface area contributed by atoms with Crippen molar-refractivity contribution in [3.8, 4) is 5.75 Å². The molecule has 1 fully saturated rings. The maximum atomic E-state index is 13.9. The van der Waals surface area contributed by atoms with Gasteiger partial charge in [-0.3, -0.25) is 9.69 Å². The molecule has 0 saturated carbocycles. The van der Waals surface area contributed by atoms with Crippen molar-refractivity contribution in [1.82, 2.24) is 10.2 Å². The predicted octanol–water partition coefficient (Wildman–Crippen LogP) is 4.20. The zero-order chi connectivity index (χ0) is 21.6. The lowest BCUT2D eigenvalue weighted by Gasteiger charge is -2.30. The van der Waals surface area contributed by atoms with Crippen LogP contribution in [0.1, 0.15) is 24.0 Å². The smallest absolute Gasteiger partial charge is 0.404 e. The molecule has 1 heterocycles. The van der Waals surface area contributed by atoms with E-state index in [0.29, 0.717) is 19.4 Å². The molecule has 0 bridgehead atoms. The van der Waals surface area contributed by atoms with Crippen LogP contribution in [0.4, 0.5) is 13.2 Å². The van der Waals surface area contributed by atoms with Gasteiger partial charge in [-0.1, -0.05) is 42.5 Å². The van der Waals surface area contributed by atoms with Gasteiger partial charge in [-0.15, -0.1) is 0 Å². The van der Waals surface area contributed by atoms with Crippen LogP contribution < -0.4 is 10.1 Å². The molecule has 2 aromatic carbocycles. The minimum atomic E-state index is -4.58. The molecule has 7 heteroatoms. The number of alkyl halides is 3. The highest BCUT2D eigenvalue weighted by atomic mass is 19.4. The Bertz CT molecular complexity index is 825. The van der Waals surface area contributed by atoms with Crippen molar-refractivity contribution < 1.29 is 22.7 Å². The summed E-state index contributed by atoms with van der Waals surface area (Å²) in [5.74, 6) is -0.166. The molecule has 0 aliphatic carbocycles. The number of benzene rings is 2. The van der Waals surface area contributed by atoms with Crippen molar-refractivity contribution in [3.05, 3.63) is 65.7 Å². The van der Waals surface area contributed by atoms with E-state index in [1.54, 1.807) is 12.0 Å². The van der Waals surface area contributed by atoms with Crippen molar-refractivity contribution in [2.24, 2.45) is 5.41 Å². The fourth-order valence-corrected chi connectivity index (χ4v) is 3.87. The number of ether oxygens (including phenoxy) is 1. The second kappa shape index (κ2) is 9.51. The fraction of sp³-hybridized carbons (Fsp3) is 0.435. The van der Waals surface area contributed by atoms with Crippen LogP contribution in [-0.4, -0.2) is 43.7 Å². The SMILES string of the molecule is COc1ccc(CCCNC(=O)C2(C(F)(F)F)CCN(Cc3ccccc3)C2)cc1. The molecule has 30 heavy (non-hydrogen) atoms. The number of halogens is 3. The number of carbonyl (C=O) groups excluding carboxylic acids is 1. The Labute approximate surface area is 175 Å². The zero-order valence-corrected chi connectivity index (χ0v) is 17.0. The maximum Gasteiger partial charge on any atom is 0.404 e. The molecule has 1 saturated heterocycles. The Hall–Kier alpha value is -2.54. The number of likely N-dealkylation sites (tertiary alicyclic amines) is 1. The number of rotatable bonds is 8. The van der Waals surface area contributed by atoms with E-state index in [1.165, 1.54) is 0 Å². The van der Waals surface area contributed by atoms with Gasteiger partial charge in [0.2, 0.25) is 5.91 Å². The molecule has 4 nitrogen and oxygen atoms in total. The standard InChI is InChI=1S/C23H27F3N2O2/c1-30-20-11-9-18(10-12-20)8-5-14-27-21(29)22(23(24,25)26)13-15-28(17-22)16-19-6-3-2-4-7-19/h2-4,6-7,9-12H,5,8,13-17H2,1H3,(H,27,29). The molecule has 0 spiro atoms. The minimum Gasteiger partial charge on any atom is -0.497 e. The number of nitrogens with one attached hydrogen (secondary N) is 1. The van der Waals surface area contributed by atoms with Gasteiger partial charge in [0.25, 0.3) is 0 Å². The zero-order valence-electron chi connectivity index (χ0n) is 17.0. The lowest BCUT2D eigenvalue weighted by molar-refractivity contribution is -0.218. The van der Waals surface area contributed by atoms with Gasteiger partial charge in [0.1, 0.15) is 5.75 Å². The van der Waals surface area contributed by atoms with Gasteiger partial charge < -0.3 is 10.1 Å². The largest absolute Gasteiger partial charge is 0.497 e. The quantitative estimate of drug-likeness (QED) is 0.651. The van der Waals surface area contributed by atoms with E-state index in [0.717, 1.165) is 16.9 Å². The molecule has 1 aliphatic heterocycles. The summed E-state index contributed by atoms with van der Waals surface area (Å²) in [6.07, 6.45) is -3.56. The van der Waals surface area contributed by atoms with E-state index in [1.807, 2.05) is 54.6 Å². The summed E-state index contributed by atoms with van der Waals surface area (Å²) in [7, 11) is 1.59. The van der Waals surface area contributed by atoms with Gasteiger partial charge in [0, 0.05) is 19.6 Å². The lowest BCUT2D eigenvalue weighted by Crippen LogP contribution is -2.52. The van der Waals surface area contributed by atoms with Gasteiger partial charge in [-0.25, -0.2) is 0 Å². The predicted molar refractivity (Wildman–Crippen MR) is 109 cm³/mol. The molecular formula is C23H27F3N2O2. The van der Waals surface area contributed by atoms with Crippen molar-refractivity contribution in [1.29, 1.82) is 0 Å². The second-order valence-electron chi connectivity index (χ2n) is 7.73. The van der Waals surface area contributed by atoms with Crippen molar-refractivity contribution >= 4 is 5.91 Å². The maximum absolute atomic E-state index is 13.9. The molecule has 1 N–H and O–H groups in total. The van der Waals surface area contributed by atoms with Crippen LogP contribution in [-0.2, 0) is 17.8 Å². The Morgan fingerprint density at radius 1 is 1.10 bits per heavy atom. The van der Waals surface area contributed by atoms with Crippen LogP contribution >= 0.6 is 0 Å². The van der Waals surface area contributed by atoms with Gasteiger partial charge in [0.05, 0.1) is 7.11 Å². The van der Waals surface area contributed by atoms with E-state index in [9.17, 15) is 18.0 Å². The van der Waals surface area contributed by atoms with Crippen molar-refractivity contribution in [2.45, 2.75) is 32.0 Å². The summed E-state index contributed by atoms with van der Waals surface area (Å²) in [5, 5.41) is 2.54. The topological polar surface area (TPSA) is 41.6 Å². The van der Waals surface area contributed by atoms with Crippen molar-refractivity contribution in [2.75, 3.05) is 26.7 Å². The van der Waals surface area contributed by atoms with Crippen LogP contribution in [0.15, 0.2) is 54.6 Å². The van der Waals surface area contributed by atoms with Gasteiger partial charge >= 0.3 is 6.18 Å². The summed E-state index contributed by atoms with van der Waals surface area (Å²) >= 11 is 0. The minimum absolute atomic E-state index is 0.210. The van der Waals surface area contributed by atoms with E-state index < -0.39 is 17.5 Å². The molecule has 1 unspecified atom stereocenters. The number of hydrogen-bond acceptors (Lipinski definition) is 3. The number of nitrogens with zero attached hydrogens (tertiary/aromatic N) is 1. The summed E-state index contributed by atoms with van der Waals surface area (Å²) < 4.78 is 46.9. The fourth-order valence-electron chi connectivity index (χ4n) is 3.87. The third-order valence-corrected chi connectivity index (χ3v) is 5.66. The van der Waals surface area contributed by atoms with Crippen LogP contribution in [0.3, 0.4) is 0 Å². The first kappa shape index (κ1) is 22.2. The Balaban J connectivity index is 1.55. The first-order valence-corrected chi connectivity index (χ1v) is 10.1. The summed E-state index contributed by atoms with van der Waals surface area (Å²) in [5.41, 5.74) is -0.358. The first-order valence-electron chi connectivity index (χ1n) is 10.1. The van der Waals surface area contributed by atoms with Gasteiger partial charge in [-0.05, 0) is 49.1 Å². The highest BCUT2D eigenvalue weighted by molar-refractivity contribution is 5.84. The average Bonchev–Trinajstić information content (AvgIpc) is 3.17. The normalized spacial score (nSPS) is 19.6. The molecular weight excluding hydrogens is 393 g/mol. The van der Waals surface area contributed by atoms with Gasteiger partial charge in [-0.2, -0.15) is 13.2 Å². The monoisotopic (exact) mass is 420 g/mol. The number of amides is 1. The molecule has 1 atom stereocenters. The number of carbonyl (C=O) groups is 1. The molecule has 0 radical (unpaired) electrons. The van der Waals surface area contributed by atoms with E-state index in [4.69, 9.17) is 4.74 Å². The number of hydrogen-bond donors (Lipinski definition) is 1. The Morgan fingerprint density at radius 2 is 1.80 bits per heavy atom. The number of methoxy groups -OCH3 is 1. The van der Waals surface area contributed by atoms with Crippen LogP contribution in [0.2, 0.25) is 0 Å². The second-order valence-corrected chi connectivity index (χ2v) is 7.73. The van der Waals surface area contributed by atoms with E-state index >= 15 is 0 Å². The van der Waals surface area contributed by atoms with Crippen LogP contribution in [0.5, 0.6) is 5.75 Å². The van der Waals surface area contributed by atoms with Gasteiger partial charge in [0.15, 0.2) is 5.41 Å².